The van der Waals surface area contributed by atoms with Crippen LogP contribution < -0.4 is 4.90 Å². The van der Waals surface area contributed by atoms with E-state index in [4.69, 9.17) is 0 Å². The quantitative estimate of drug-likeness (QED) is 0.848. The molecule has 1 amide bonds. The summed E-state index contributed by atoms with van der Waals surface area (Å²) in [5.74, 6) is -0.0453. The highest BCUT2D eigenvalue weighted by atomic mass is 79.9. The number of amides is 1. The smallest absolute Gasteiger partial charge is 0.228 e. The van der Waals surface area contributed by atoms with Gasteiger partial charge in [0.2, 0.25) is 5.91 Å². The van der Waals surface area contributed by atoms with Gasteiger partial charge in [0.15, 0.2) is 0 Å². The number of rotatable bonds is 2. The molecule has 0 aliphatic carbocycles. The van der Waals surface area contributed by atoms with E-state index < -0.39 is 0 Å². The molecule has 3 nitrogen and oxygen atoms in total. The van der Waals surface area contributed by atoms with Gasteiger partial charge in [-0.2, -0.15) is 0 Å². The molecule has 0 unspecified atom stereocenters. The fourth-order valence-corrected chi connectivity index (χ4v) is 2.00. The predicted molar refractivity (Wildman–Crippen MR) is 71.2 cm³/mol. The lowest BCUT2D eigenvalue weighted by atomic mass is 10.2. The normalized spacial score (nSPS) is 10.0. The Bertz CT molecular complexity index is 528. The van der Waals surface area contributed by atoms with Crippen molar-refractivity contribution in [3.05, 3.63) is 53.3 Å². The number of halogens is 1. The molecule has 17 heavy (non-hydrogen) atoms. The van der Waals surface area contributed by atoms with Crippen molar-refractivity contribution in [1.29, 1.82) is 0 Å². The summed E-state index contributed by atoms with van der Waals surface area (Å²) in [6, 6.07) is 11.3. The van der Waals surface area contributed by atoms with Gasteiger partial charge in [-0.15, -0.1) is 0 Å². The van der Waals surface area contributed by atoms with Crippen LogP contribution in [0.4, 0.5) is 11.4 Å². The Morgan fingerprint density at radius 2 is 2.00 bits per heavy atom. The number of nitrogens with zero attached hydrogens (tertiary/aromatic N) is 2. The minimum absolute atomic E-state index is 0.0453. The van der Waals surface area contributed by atoms with E-state index in [1.54, 1.807) is 17.3 Å². The van der Waals surface area contributed by atoms with Crippen molar-refractivity contribution in [1.82, 2.24) is 4.98 Å². The van der Waals surface area contributed by atoms with Crippen LogP contribution in [0.15, 0.2) is 53.3 Å². The van der Waals surface area contributed by atoms with Crippen LogP contribution in [0.2, 0.25) is 0 Å². The van der Waals surface area contributed by atoms with Crippen LogP contribution in [-0.4, -0.2) is 10.9 Å². The number of benzene rings is 1. The maximum atomic E-state index is 11.7. The van der Waals surface area contributed by atoms with Gasteiger partial charge in [-0.25, -0.2) is 0 Å². The maximum absolute atomic E-state index is 11.7. The van der Waals surface area contributed by atoms with Gasteiger partial charge >= 0.3 is 0 Å². The number of carbonyl (C=O) groups is 1. The van der Waals surface area contributed by atoms with Gasteiger partial charge in [-0.3, -0.25) is 14.7 Å². The number of pyridine rings is 1. The topological polar surface area (TPSA) is 33.2 Å². The summed E-state index contributed by atoms with van der Waals surface area (Å²) in [6.45, 7) is 1.54. The maximum Gasteiger partial charge on any atom is 0.228 e. The van der Waals surface area contributed by atoms with Crippen molar-refractivity contribution in [2.24, 2.45) is 0 Å². The van der Waals surface area contributed by atoms with Gasteiger partial charge in [0.25, 0.3) is 0 Å². The average molecular weight is 291 g/mol. The first-order valence-corrected chi connectivity index (χ1v) is 5.94. The lowest BCUT2D eigenvalue weighted by molar-refractivity contribution is -0.115. The van der Waals surface area contributed by atoms with Gasteiger partial charge in [0.1, 0.15) is 0 Å². The van der Waals surface area contributed by atoms with E-state index in [1.807, 2.05) is 36.4 Å². The van der Waals surface area contributed by atoms with E-state index in [0.29, 0.717) is 0 Å². The highest BCUT2D eigenvalue weighted by Gasteiger charge is 2.13. The zero-order chi connectivity index (χ0) is 12.3. The zero-order valence-electron chi connectivity index (χ0n) is 9.30. The monoisotopic (exact) mass is 290 g/mol. The molecule has 1 aromatic heterocycles. The summed E-state index contributed by atoms with van der Waals surface area (Å²) in [6.07, 6.45) is 3.35. The number of carbonyl (C=O) groups excluding carboxylic acids is 1. The number of aromatic nitrogens is 1. The van der Waals surface area contributed by atoms with Crippen LogP contribution in [0, 0.1) is 0 Å². The summed E-state index contributed by atoms with van der Waals surface area (Å²) in [4.78, 5) is 17.4. The molecular weight excluding hydrogens is 280 g/mol. The Morgan fingerprint density at radius 1 is 1.24 bits per heavy atom. The molecule has 0 saturated heterocycles. The van der Waals surface area contributed by atoms with Crippen LogP contribution >= 0.6 is 15.9 Å². The number of hydrogen-bond acceptors (Lipinski definition) is 2. The SMILES string of the molecule is CC(=O)N(c1cccnc1)c1cccc(Br)c1. The Labute approximate surface area is 108 Å². The largest absolute Gasteiger partial charge is 0.280 e. The molecule has 4 heteroatoms. The van der Waals surface area contributed by atoms with Gasteiger partial charge in [-0.05, 0) is 30.3 Å². The summed E-state index contributed by atoms with van der Waals surface area (Å²) in [5.41, 5.74) is 1.58. The van der Waals surface area contributed by atoms with Gasteiger partial charge in [0, 0.05) is 17.6 Å². The number of hydrogen-bond donors (Lipinski definition) is 0. The van der Waals surface area contributed by atoms with Crippen molar-refractivity contribution in [3.8, 4) is 0 Å². The summed E-state index contributed by atoms with van der Waals surface area (Å²) in [5, 5.41) is 0. The van der Waals surface area contributed by atoms with E-state index in [0.717, 1.165) is 15.8 Å². The summed E-state index contributed by atoms with van der Waals surface area (Å²) >= 11 is 3.40. The number of anilines is 2. The molecule has 0 N–H and O–H groups in total. The fourth-order valence-electron chi connectivity index (χ4n) is 1.61. The first kappa shape index (κ1) is 11.8. The highest BCUT2D eigenvalue weighted by molar-refractivity contribution is 9.10. The molecule has 0 aliphatic heterocycles. The molecule has 1 aromatic carbocycles. The fraction of sp³-hybridized carbons (Fsp3) is 0.0769. The van der Waals surface area contributed by atoms with Crippen molar-refractivity contribution in [3.63, 3.8) is 0 Å². The zero-order valence-corrected chi connectivity index (χ0v) is 10.9. The van der Waals surface area contributed by atoms with Crippen LogP contribution in [0.25, 0.3) is 0 Å². The van der Waals surface area contributed by atoms with Crippen LogP contribution in [0.5, 0.6) is 0 Å². The standard InChI is InChI=1S/C13H11BrN2O/c1-10(17)16(13-6-3-7-15-9-13)12-5-2-4-11(14)8-12/h2-9H,1H3. The molecule has 0 atom stereocenters. The van der Waals surface area contributed by atoms with Crippen molar-refractivity contribution < 1.29 is 4.79 Å². The van der Waals surface area contributed by atoms with Crippen molar-refractivity contribution in [2.75, 3.05) is 4.90 Å². The minimum atomic E-state index is -0.0453. The molecule has 2 aromatic rings. The Hall–Kier alpha value is -1.68. The Morgan fingerprint density at radius 3 is 2.59 bits per heavy atom. The average Bonchev–Trinajstić information content (AvgIpc) is 2.30. The third-order valence-corrected chi connectivity index (χ3v) is 2.78. The van der Waals surface area contributed by atoms with E-state index in [-0.39, 0.29) is 5.91 Å². The molecule has 0 spiro atoms. The molecule has 0 aliphatic rings. The molecule has 2 rings (SSSR count). The first-order chi connectivity index (χ1) is 8.18. The predicted octanol–water partition coefficient (Wildman–Crippen LogP) is 3.53. The third-order valence-electron chi connectivity index (χ3n) is 2.29. The molecule has 0 radical (unpaired) electrons. The van der Waals surface area contributed by atoms with E-state index >= 15 is 0 Å². The lowest BCUT2D eigenvalue weighted by Gasteiger charge is -2.20. The van der Waals surface area contributed by atoms with E-state index in [9.17, 15) is 4.79 Å². The second-order valence-corrected chi connectivity index (χ2v) is 4.46. The minimum Gasteiger partial charge on any atom is -0.280 e. The first-order valence-electron chi connectivity index (χ1n) is 5.15. The second-order valence-electron chi connectivity index (χ2n) is 3.55. The van der Waals surface area contributed by atoms with Gasteiger partial charge < -0.3 is 0 Å². The molecule has 86 valence electrons. The Balaban J connectivity index is 2.47. The van der Waals surface area contributed by atoms with Crippen LogP contribution in [-0.2, 0) is 4.79 Å². The molecule has 0 fully saturated rings. The van der Waals surface area contributed by atoms with Crippen molar-refractivity contribution >= 4 is 33.2 Å². The molecular formula is C13H11BrN2O. The van der Waals surface area contributed by atoms with Crippen LogP contribution in [0.3, 0.4) is 0 Å². The molecule has 0 bridgehead atoms. The summed E-state index contributed by atoms with van der Waals surface area (Å²) < 4.78 is 0.935. The van der Waals surface area contributed by atoms with Gasteiger partial charge in [-0.1, -0.05) is 22.0 Å². The summed E-state index contributed by atoms with van der Waals surface area (Å²) in [7, 11) is 0. The highest BCUT2D eigenvalue weighted by Crippen LogP contribution is 2.26. The Kier molecular flexibility index (Phi) is 3.54. The second kappa shape index (κ2) is 5.10. The molecule has 0 saturated carbocycles. The van der Waals surface area contributed by atoms with E-state index in [1.165, 1.54) is 6.92 Å². The van der Waals surface area contributed by atoms with Gasteiger partial charge in [0.05, 0.1) is 17.6 Å². The lowest BCUT2D eigenvalue weighted by Crippen LogP contribution is -2.22. The third kappa shape index (κ3) is 2.71. The van der Waals surface area contributed by atoms with E-state index in [2.05, 4.69) is 20.9 Å². The van der Waals surface area contributed by atoms with Crippen molar-refractivity contribution in [2.45, 2.75) is 6.92 Å². The van der Waals surface area contributed by atoms with Crippen LogP contribution in [0.1, 0.15) is 6.92 Å². The molecule has 1 heterocycles.